The average molecular weight is 374 g/mol. The minimum Gasteiger partial charge on any atom is -0.493 e. The van der Waals surface area contributed by atoms with Gasteiger partial charge in [0.2, 0.25) is 5.75 Å². The molecule has 1 heterocycles. The highest BCUT2D eigenvalue weighted by Crippen LogP contribution is 2.46. The zero-order valence-electron chi connectivity index (χ0n) is 16.6. The zero-order valence-corrected chi connectivity index (χ0v) is 16.6. The molecule has 1 saturated heterocycles. The van der Waals surface area contributed by atoms with E-state index in [1.54, 1.807) is 33.5 Å². The fourth-order valence-corrected chi connectivity index (χ4v) is 5.30. The van der Waals surface area contributed by atoms with E-state index in [2.05, 4.69) is 4.90 Å². The number of carbonyl (C=O) groups is 1. The highest BCUT2D eigenvalue weighted by molar-refractivity contribution is 5.95. The highest BCUT2D eigenvalue weighted by Gasteiger charge is 2.43. The van der Waals surface area contributed by atoms with Gasteiger partial charge in [0, 0.05) is 37.8 Å². The van der Waals surface area contributed by atoms with Crippen LogP contribution in [0.1, 0.15) is 36.0 Å². The lowest BCUT2D eigenvalue weighted by Crippen LogP contribution is -2.53. The zero-order chi connectivity index (χ0) is 19.0. The van der Waals surface area contributed by atoms with Gasteiger partial charge in [0.25, 0.3) is 5.91 Å². The van der Waals surface area contributed by atoms with Crippen molar-refractivity contribution in [3.63, 3.8) is 0 Å². The van der Waals surface area contributed by atoms with Crippen LogP contribution in [0.3, 0.4) is 0 Å². The molecular formula is C21H30N2O4. The largest absolute Gasteiger partial charge is 0.493 e. The SMILES string of the molecule is COc1cc(C(=O)N2CCN([C@@H]3C[C@H]4CC[C@H]3C4)CC2)cc(OC)c1OC. The Bertz CT molecular complexity index is 674. The quantitative estimate of drug-likeness (QED) is 0.793. The summed E-state index contributed by atoms with van der Waals surface area (Å²) in [6, 6.07) is 4.24. The van der Waals surface area contributed by atoms with Gasteiger partial charge in [-0.1, -0.05) is 6.42 Å². The summed E-state index contributed by atoms with van der Waals surface area (Å²) in [5.41, 5.74) is 0.581. The molecule has 3 fully saturated rings. The molecule has 0 aromatic heterocycles. The number of piperazine rings is 1. The van der Waals surface area contributed by atoms with Crippen LogP contribution >= 0.6 is 0 Å². The van der Waals surface area contributed by atoms with E-state index in [-0.39, 0.29) is 5.91 Å². The van der Waals surface area contributed by atoms with Crippen LogP contribution in [0.4, 0.5) is 0 Å². The lowest BCUT2D eigenvalue weighted by molar-refractivity contribution is 0.0495. The molecular weight excluding hydrogens is 344 g/mol. The first-order valence-electron chi connectivity index (χ1n) is 9.98. The number of benzene rings is 1. The van der Waals surface area contributed by atoms with E-state index in [9.17, 15) is 4.79 Å². The molecule has 1 amide bonds. The number of nitrogens with zero attached hydrogens (tertiary/aromatic N) is 2. The van der Waals surface area contributed by atoms with E-state index in [1.807, 2.05) is 4.90 Å². The summed E-state index contributed by atoms with van der Waals surface area (Å²) in [5.74, 6) is 3.42. The van der Waals surface area contributed by atoms with Gasteiger partial charge < -0.3 is 19.1 Å². The second-order valence-corrected chi connectivity index (χ2v) is 7.98. The molecule has 0 radical (unpaired) electrons. The summed E-state index contributed by atoms with van der Waals surface area (Å²) in [6.07, 6.45) is 5.63. The molecule has 2 aliphatic carbocycles. The van der Waals surface area contributed by atoms with Gasteiger partial charge in [0.1, 0.15) is 0 Å². The molecule has 1 aliphatic heterocycles. The van der Waals surface area contributed by atoms with Crippen LogP contribution in [0.5, 0.6) is 17.2 Å². The molecule has 6 heteroatoms. The maximum Gasteiger partial charge on any atom is 0.254 e. The Kier molecular flexibility index (Phi) is 5.17. The van der Waals surface area contributed by atoms with E-state index in [0.29, 0.717) is 22.8 Å². The molecule has 2 saturated carbocycles. The molecule has 3 aliphatic rings. The third-order valence-corrected chi connectivity index (χ3v) is 6.68. The van der Waals surface area contributed by atoms with Gasteiger partial charge in [-0.05, 0) is 43.2 Å². The second-order valence-electron chi connectivity index (χ2n) is 7.98. The Morgan fingerprint density at radius 3 is 2.07 bits per heavy atom. The lowest BCUT2D eigenvalue weighted by Gasteiger charge is -2.41. The third kappa shape index (κ3) is 3.35. The Morgan fingerprint density at radius 2 is 1.59 bits per heavy atom. The molecule has 6 nitrogen and oxygen atoms in total. The minimum absolute atomic E-state index is 0.0295. The van der Waals surface area contributed by atoms with Gasteiger partial charge in [-0.25, -0.2) is 0 Å². The van der Waals surface area contributed by atoms with Crippen LogP contribution in [0.2, 0.25) is 0 Å². The van der Waals surface area contributed by atoms with Crippen molar-refractivity contribution < 1.29 is 19.0 Å². The van der Waals surface area contributed by atoms with Gasteiger partial charge in [-0.3, -0.25) is 9.69 Å². The normalized spacial score (nSPS) is 27.7. The van der Waals surface area contributed by atoms with Crippen molar-refractivity contribution in [2.45, 2.75) is 31.7 Å². The van der Waals surface area contributed by atoms with Crippen LogP contribution in [-0.4, -0.2) is 69.3 Å². The number of amides is 1. The van der Waals surface area contributed by atoms with Crippen molar-refractivity contribution in [2.24, 2.45) is 11.8 Å². The van der Waals surface area contributed by atoms with Gasteiger partial charge in [0.05, 0.1) is 21.3 Å². The van der Waals surface area contributed by atoms with Crippen molar-refractivity contribution in [3.05, 3.63) is 17.7 Å². The topological polar surface area (TPSA) is 51.2 Å². The summed E-state index contributed by atoms with van der Waals surface area (Å²) >= 11 is 0. The average Bonchev–Trinajstić information content (AvgIpc) is 3.35. The molecule has 0 N–H and O–H groups in total. The molecule has 2 bridgehead atoms. The van der Waals surface area contributed by atoms with Gasteiger partial charge in [-0.15, -0.1) is 0 Å². The molecule has 1 aromatic rings. The van der Waals surface area contributed by atoms with E-state index in [4.69, 9.17) is 14.2 Å². The summed E-state index contributed by atoms with van der Waals surface area (Å²) in [6.45, 7) is 3.51. The number of methoxy groups -OCH3 is 3. The summed E-state index contributed by atoms with van der Waals surface area (Å²) < 4.78 is 16.1. The Hall–Kier alpha value is -1.95. The number of hydrogen-bond donors (Lipinski definition) is 0. The fraction of sp³-hybridized carbons (Fsp3) is 0.667. The van der Waals surface area contributed by atoms with Gasteiger partial charge >= 0.3 is 0 Å². The van der Waals surface area contributed by atoms with Crippen LogP contribution in [0.15, 0.2) is 12.1 Å². The molecule has 3 atom stereocenters. The first kappa shape index (κ1) is 18.4. The minimum atomic E-state index is 0.0295. The molecule has 1 aromatic carbocycles. The predicted octanol–water partition coefficient (Wildman–Crippen LogP) is 2.66. The first-order chi connectivity index (χ1) is 13.1. The molecule has 4 rings (SSSR count). The third-order valence-electron chi connectivity index (χ3n) is 6.68. The number of hydrogen-bond acceptors (Lipinski definition) is 5. The monoisotopic (exact) mass is 374 g/mol. The number of rotatable bonds is 5. The summed E-state index contributed by atoms with van der Waals surface area (Å²) in [5, 5.41) is 0. The summed E-state index contributed by atoms with van der Waals surface area (Å²) in [7, 11) is 4.70. The smallest absolute Gasteiger partial charge is 0.254 e. The van der Waals surface area contributed by atoms with Crippen molar-refractivity contribution in [2.75, 3.05) is 47.5 Å². The van der Waals surface area contributed by atoms with Crippen molar-refractivity contribution in [3.8, 4) is 17.2 Å². The predicted molar refractivity (Wildman–Crippen MR) is 103 cm³/mol. The number of carbonyl (C=O) groups excluding carboxylic acids is 1. The first-order valence-corrected chi connectivity index (χ1v) is 9.98. The highest BCUT2D eigenvalue weighted by atomic mass is 16.5. The van der Waals surface area contributed by atoms with Crippen LogP contribution in [0.25, 0.3) is 0 Å². The van der Waals surface area contributed by atoms with E-state index in [1.165, 1.54) is 25.7 Å². The number of fused-ring (bicyclic) bond motifs is 2. The Balaban J connectivity index is 1.43. The fourth-order valence-electron chi connectivity index (χ4n) is 5.30. The molecule has 0 spiro atoms. The van der Waals surface area contributed by atoms with E-state index < -0.39 is 0 Å². The van der Waals surface area contributed by atoms with Crippen molar-refractivity contribution in [1.82, 2.24) is 9.80 Å². The van der Waals surface area contributed by atoms with Crippen LogP contribution in [0, 0.1) is 11.8 Å². The lowest BCUT2D eigenvalue weighted by atomic mass is 9.93. The number of ether oxygens (including phenoxy) is 3. The van der Waals surface area contributed by atoms with Crippen LogP contribution in [-0.2, 0) is 0 Å². The maximum atomic E-state index is 13.0. The summed E-state index contributed by atoms with van der Waals surface area (Å²) in [4.78, 5) is 17.6. The van der Waals surface area contributed by atoms with E-state index >= 15 is 0 Å². The Labute approximate surface area is 161 Å². The van der Waals surface area contributed by atoms with Crippen LogP contribution < -0.4 is 14.2 Å². The standard InChI is InChI=1S/C21H30N2O4/c1-25-18-12-16(13-19(26-2)20(18)27-3)21(24)23-8-6-22(7-9-23)17-11-14-4-5-15(17)10-14/h12-15,17H,4-11H2,1-3H3/t14-,15-,17+/m0/s1. The van der Waals surface area contributed by atoms with E-state index in [0.717, 1.165) is 44.1 Å². The molecule has 148 valence electrons. The van der Waals surface area contributed by atoms with Gasteiger partial charge in [0.15, 0.2) is 11.5 Å². The van der Waals surface area contributed by atoms with Gasteiger partial charge in [-0.2, -0.15) is 0 Å². The second kappa shape index (κ2) is 7.58. The van der Waals surface area contributed by atoms with Crippen molar-refractivity contribution >= 4 is 5.91 Å². The molecule has 0 unspecified atom stereocenters. The maximum absolute atomic E-state index is 13.0. The van der Waals surface area contributed by atoms with Crippen molar-refractivity contribution in [1.29, 1.82) is 0 Å². The molecule has 27 heavy (non-hydrogen) atoms. The Morgan fingerprint density at radius 1 is 0.926 bits per heavy atom.